The van der Waals surface area contributed by atoms with E-state index < -0.39 is 17.6 Å². The van der Waals surface area contributed by atoms with E-state index in [2.05, 4.69) is 5.32 Å². The van der Waals surface area contributed by atoms with E-state index in [0.717, 1.165) is 0 Å². The van der Waals surface area contributed by atoms with Crippen LogP contribution in [0.2, 0.25) is 0 Å². The number of hydrogen-bond acceptors (Lipinski definition) is 3. The van der Waals surface area contributed by atoms with Crippen molar-refractivity contribution in [1.29, 1.82) is 0 Å². The SMILES string of the molecule is CCC(NCC(C)(O)CC(C)C)C(=O)O. The van der Waals surface area contributed by atoms with Gasteiger partial charge in [-0.3, -0.25) is 4.79 Å². The largest absolute Gasteiger partial charge is 0.480 e. The van der Waals surface area contributed by atoms with Gasteiger partial charge in [-0.05, 0) is 25.7 Å². The van der Waals surface area contributed by atoms with E-state index in [-0.39, 0.29) is 0 Å². The zero-order valence-electron chi connectivity index (χ0n) is 10.1. The Bertz CT molecular complexity index is 202. The first-order valence-corrected chi connectivity index (χ1v) is 5.47. The van der Waals surface area contributed by atoms with Crippen molar-refractivity contribution in [1.82, 2.24) is 5.32 Å². The number of carboxylic acid groups (broad SMARTS) is 1. The molecule has 0 aliphatic rings. The summed E-state index contributed by atoms with van der Waals surface area (Å²) in [5.41, 5.74) is -0.836. The van der Waals surface area contributed by atoms with Crippen LogP contribution in [0.1, 0.15) is 40.5 Å². The van der Waals surface area contributed by atoms with Gasteiger partial charge in [0, 0.05) is 6.54 Å². The fourth-order valence-corrected chi connectivity index (χ4v) is 1.70. The van der Waals surface area contributed by atoms with Crippen molar-refractivity contribution in [3.8, 4) is 0 Å². The molecule has 0 bridgehead atoms. The highest BCUT2D eigenvalue weighted by atomic mass is 16.4. The van der Waals surface area contributed by atoms with E-state index in [1.807, 2.05) is 20.8 Å². The number of rotatable bonds is 7. The molecule has 0 rings (SSSR count). The quantitative estimate of drug-likeness (QED) is 0.600. The Kier molecular flexibility index (Phi) is 5.83. The molecule has 15 heavy (non-hydrogen) atoms. The predicted octanol–water partition coefficient (Wildman–Crippen LogP) is 1.24. The van der Waals surface area contributed by atoms with Crippen LogP contribution in [0.3, 0.4) is 0 Å². The summed E-state index contributed by atoms with van der Waals surface area (Å²) in [6.45, 7) is 7.92. The zero-order valence-corrected chi connectivity index (χ0v) is 10.1. The van der Waals surface area contributed by atoms with Crippen molar-refractivity contribution in [2.24, 2.45) is 5.92 Å². The summed E-state index contributed by atoms with van der Waals surface area (Å²) in [7, 11) is 0. The van der Waals surface area contributed by atoms with Crippen LogP contribution in [0.4, 0.5) is 0 Å². The molecule has 2 atom stereocenters. The smallest absolute Gasteiger partial charge is 0.320 e. The van der Waals surface area contributed by atoms with Crippen molar-refractivity contribution in [3.05, 3.63) is 0 Å². The Morgan fingerprint density at radius 2 is 2.00 bits per heavy atom. The monoisotopic (exact) mass is 217 g/mol. The highest BCUT2D eigenvalue weighted by molar-refractivity contribution is 5.73. The standard InChI is InChI=1S/C11H23NO3/c1-5-9(10(13)14)12-7-11(4,15)6-8(2)3/h8-9,12,15H,5-7H2,1-4H3,(H,13,14). The molecule has 0 aromatic rings. The van der Waals surface area contributed by atoms with E-state index in [1.165, 1.54) is 0 Å². The molecule has 0 spiro atoms. The minimum atomic E-state index is -0.863. The Hall–Kier alpha value is -0.610. The molecule has 0 saturated carbocycles. The van der Waals surface area contributed by atoms with Crippen LogP contribution in [0.15, 0.2) is 0 Å². The third kappa shape index (κ3) is 6.47. The molecule has 0 aromatic heterocycles. The van der Waals surface area contributed by atoms with Crippen molar-refractivity contribution in [2.45, 2.75) is 52.2 Å². The van der Waals surface area contributed by atoms with E-state index in [4.69, 9.17) is 5.11 Å². The summed E-state index contributed by atoms with van der Waals surface area (Å²) in [6, 6.07) is -0.566. The highest BCUT2D eigenvalue weighted by Crippen LogP contribution is 2.15. The second-order valence-corrected chi connectivity index (χ2v) is 4.77. The van der Waals surface area contributed by atoms with Gasteiger partial charge in [0.05, 0.1) is 5.60 Å². The van der Waals surface area contributed by atoms with Gasteiger partial charge in [0.2, 0.25) is 0 Å². The molecule has 2 unspecified atom stereocenters. The summed E-state index contributed by atoms with van der Waals surface area (Å²) in [5.74, 6) is -0.468. The first kappa shape index (κ1) is 14.4. The Labute approximate surface area is 91.7 Å². The molecule has 0 aliphatic heterocycles. The summed E-state index contributed by atoms with van der Waals surface area (Å²) in [4.78, 5) is 10.7. The number of hydrogen-bond donors (Lipinski definition) is 3. The fraction of sp³-hybridized carbons (Fsp3) is 0.909. The number of nitrogens with one attached hydrogen (secondary N) is 1. The Morgan fingerprint density at radius 3 is 2.33 bits per heavy atom. The number of carboxylic acids is 1. The molecule has 0 radical (unpaired) electrons. The Balaban J connectivity index is 4.06. The first-order chi connectivity index (χ1) is 6.78. The van der Waals surface area contributed by atoms with E-state index in [0.29, 0.717) is 25.3 Å². The highest BCUT2D eigenvalue weighted by Gasteiger charge is 2.24. The van der Waals surface area contributed by atoms with Crippen molar-refractivity contribution >= 4 is 5.97 Å². The van der Waals surface area contributed by atoms with Crippen LogP contribution < -0.4 is 5.32 Å². The lowest BCUT2D eigenvalue weighted by Crippen LogP contribution is -2.46. The van der Waals surface area contributed by atoms with Gasteiger partial charge in [-0.25, -0.2) is 0 Å². The molecular formula is C11H23NO3. The maximum atomic E-state index is 10.7. The topological polar surface area (TPSA) is 69.6 Å². The normalized spacial score (nSPS) is 17.5. The lowest BCUT2D eigenvalue weighted by atomic mass is 9.94. The van der Waals surface area contributed by atoms with E-state index >= 15 is 0 Å². The average molecular weight is 217 g/mol. The maximum absolute atomic E-state index is 10.7. The number of aliphatic carboxylic acids is 1. The van der Waals surface area contributed by atoms with Crippen molar-refractivity contribution in [2.75, 3.05) is 6.54 Å². The molecule has 0 fully saturated rings. The fourth-order valence-electron chi connectivity index (χ4n) is 1.70. The molecule has 0 saturated heterocycles. The summed E-state index contributed by atoms with van der Waals surface area (Å²) in [6.07, 6.45) is 1.18. The van der Waals surface area contributed by atoms with Crippen LogP contribution in [0, 0.1) is 5.92 Å². The average Bonchev–Trinajstić information content (AvgIpc) is 2.01. The van der Waals surface area contributed by atoms with Crippen LogP contribution in [-0.4, -0.2) is 34.4 Å². The zero-order chi connectivity index (χ0) is 12.1. The van der Waals surface area contributed by atoms with E-state index in [1.54, 1.807) is 6.92 Å². The molecule has 0 aliphatic carbocycles. The lowest BCUT2D eigenvalue weighted by molar-refractivity contribution is -0.139. The van der Waals surface area contributed by atoms with Crippen LogP contribution in [0.5, 0.6) is 0 Å². The van der Waals surface area contributed by atoms with Crippen LogP contribution in [0.25, 0.3) is 0 Å². The second-order valence-electron chi connectivity index (χ2n) is 4.77. The minimum absolute atomic E-state index is 0.315. The molecule has 0 aromatic carbocycles. The van der Waals surface area contributed by atoms with Gasteiger partial charge in [0.25, 0.3) is 0 Å². The molecule has 90 valence electrons. The number of carbonyl (C=O) groups is 1. The molecule has 4 heteroatoms. The predicted molar refractivity (Wildman–Crippen MR) is 59.8 cm³/mol. The molecular weight excluding hydrogens is 194 g/mol. The van der Waals surface area contributed by atoms with E-state index in [9.17, 15) is 9.90 Å². The third-order valence-electron chi connectivity index (χ3n) is 2.28. The van der Waals surface area contributed by atoms with Gasteiger partial charge in [-0.1, -0.05) is 20.8 Å². The van der Waals surface area contributed by atoms with Gasteiger partial charge >= 0.3 is 5.97 Å². The van der Waals surface area contributed by atoms with Gasteiger partial charge < -0.3 is 15.5 Å². The molecule has 0 amide bonds. The van der Waals surface area contributed by atoms with Crippen LogP contribution in [-0.2, 0) is 4.79 Å². The lowest BCUT2D eigenvalue weighted by Gasteiger charge is -2.27. The van der Waals surface area contributed by atoms with Gasteiger partial charge in [0.1, 0.15) is 6.04 Å². The van der Waals surface area contributed by atoms with Gasteiger partial charge in [-0.2, -0.15) is 0 Å². The summed E-state index contributed by atoms with van der Waals surface area (Å²) >= 11 is 0. The summed E-state index contributed by atoms with van der Waals surface area (Å²) < 4.78 is 0. The van der Waals surface area contributed by atoms with Gasteiger partial charge in [-0.15, -0.1) is 0 Å². The van der Waals surface area contributed by atoms with Crippen molar-refractivity contribution < 1.29 is 15.0 Å². The molecule has 0 heterocycles. The Morgan fingerprint density at radius 1 is 1.47 bits per heavy atom. The van der Waals surface area contributed by atoms with Gasteiger partial charge in [0.15, 0.2) is 0 Å². The third-order valence-corrected chi connectivity index (χ3v) is 2.28. The molecule has 4 nitrogen and oxygen atoms in total. The van der Waals surface area contributed by atoms with Crippen LogP contribution >= 0.6 is 0 Å². The molecule has 3 N–H and O–H groups in total. The minimum Gasteiger partial charge on any atom is -0.480 e. The van der Waals surface area contributed by atoms with Crippen molar-refractivity contribution in [3.63, 3.8) is 0 Å². The summed E-state index contributed by atoms with van der Waals surface area (Å²) in [5, 5.41) is 21.6. The number of aliphatic hydroxyl groups is 1. The first-order valence-electron chi connectivity index (χ1n) is 5.47. The maximum Gasteiger partial charge on any atom is 0.320 e. The second kappa shape index (κ2) is 6.08.